The molecule has 13 heteroatoms. The molecule has 1 aliphatic carbocycles. The second-order valence-electron chi connectivity index (χ2n) is 11.5. The maximum absolute atomic E-state index is 15.1. The number of carbonyl (C=O) groups excluding carboxylic acids is 2. The number of likely N-dealkylation sites (tertiary alicyclic amines) is 1. The second-order valence-corrected chi connectivity index (χ2v) is 11.5. The molecule has 2 N–H and O–H groups in total. The molecule has 238 valence electrons. The van der Waals surface area contributed by atoms with Crippen LogP contribution in [0.3, 0.4) is 0 Å². The van der Waals surface area contributed by atoms with Crippen LogP contribution in [0.2, 0.25) is 0 Å². The summed E-state index contributed by atoms with van der Waals surface area (Å²) < 4.78 is 36.5. The minimum atomic E-state index is -0.897. The molecule has 2 aromatic carbocycles. The molecule has 1 saturated heterocycles. The summed E-state index contributed by atoms with van der Waals surface area (Å²) in [5.41, 5.74) is -1.31. The highest BCUT2D eigenvalue weighted by atomic mass is 19.1. The Balaban J connectivity index is 1.17. The lowest BCUT2D eigenvalue weighted by Crippen LogP contribution is -2.42. The zero-order valence-electron chi connectivity index (χ0n) is 24.7. The average Bonchev–Trinajstić information content (AvgIpc) is 3.85. The summed E-state index contributed by atoms with van der Waals surface area (Å²) in [5, 5.41) is 12.2. The van der Waals surface area contributed by atoms with E-state index in [1.54, 1.807) is 4.90 Å². The topological polar surface area (TPSA) is 136 Å². The lowest BCUT2D eigenvalue weighted by molar-refractivity contribution is -0.132. The van der Waals surface area contributed by atoms with Gasteiger partial charge >= 0.3 is 5.69 Å². The zero-order chi connectivity index (χ0) is 32.4. The van der Waals surface area contributed by atoms with Crippen molar-refractivity contribution in [2.75, 3.05) is 18.4 Å². The van der Waals surface area contributed by atoms with Crippen LogP contribution < -0.4 is 21.3 Å². The highest BCUT2D eigenvalue weighted by Crippen LogP contribution is 2.30. The number of piperidine rings is 1. The molecule has 0 bridgehead atoms. The molecule has 1 aliphatic heterocycles. The second kappa shape index (κ2) is 13.1. The van der Waals surface area contributed by atoms with E-state index < -0.39 is 34.9 Å². The van der Waals surface area contributed by atoms with Gasteiger partial charge in [0.2, 0.25) is 5.91 Å². The normalized spacial score (nSPS) is 15.1. The van der Waals surface area contributed by atoms with E-state index in [9.17, 15) is 28.7 Å². The van der Waals surface area contributed by atoms with E-state index in [-0.39, 0.29) is 46.7 Å². The quantitative estimate of drug-likeness (QED) is 0.288. The number of aliphatic hydroxyl groups is 1. The molecule has 2 aromatic heterocycles. The summed E-state index contributed by atoms with van der Waals surface area (Å²) in [6.07, 6.45) is 5.17. The van der Waals surface area contributed by atoms with Crippen LogP contribution in [0.5, 0.6) is 11.5 Å². The minimum absolute atomic E-state index is 0.0254. The van der Waals surface area contributed by atoms with E-state index in [2.05, 4.69) is 10.3 Å². The van der Waals surface area contributed by atoms with Gasteiger partial charge in [-0.25, -0.2) is 18.1 Å². The maximum Gasteiger partial charge on any atom is 0.335 e. The van der Waals surface area contributed by atoms with E-state index >= 15 is 4.39 Å². The van der Waals surface area contributed by atoms with Gasteiger partial charge in [0.15, 0.2) is 11.6 Å². The largest absolute Gasteiger partial charge is 0.454 e. The van der Waals surface area contributed by atoms with Gasteiger partial charge in [0, 0.05) is 49.8 Å². The van der Waals surface area contributed by atoms with E-state index in [1.807, 2.05) is 0 Å². The molecule has 0 spiro atoms. The van der Waals surface area contributed by atoms with Crippen LogP contribution in [0.4, 0.5) is 14.5 Å². The van der Waals surface area contributed by atoms with Gasteiger partial charge in [-0.2, -0.15) is 0 Å². The minimum Gasteiger partial charge on any atom is -0.454 e. The van der Waals surface area contributed by atoms with Crippen molar-refractivity contribution in [1.29, 1.82) is 0 Å². The molecule has 4 aromatic rings. The number of pyridine rings is 1. The van der Waals surface area contributed by atoms with Crippen molar-refractivity contribution in [2.45, 2.75) is 44.8 Å². The molecule has 11 nitrogen and oxygen atoms in total. The summed E-state index contributed by atoms with van der Waals surface area (Å²) in [6, 6.07) is 11.6. The van der Waals surface area contributed by atoms with Gasteiger partial charge in [-0.3, -0.25) is 23.9 Å². The first-order chi connectivity index (χ1) is 22.1. The molecule has 2 aliphatic rings. The number of ether oxygens (including phenoxy) is 1. The number of amides is 2. The fraction of sp³-hybridized carbons (Fsp3) is 0.303. The van der Waals surface area contributed by atoms with Crippen molar-refractivity contribution < 1.29 is 28.2 Å². The Morgan fingerprint density at radius 1 is 0.978 bits per heavy atom. The van der Waals surface area contributed by atoms with Gasteiger partial charge < -0.3 is 20.1 Å². The van der Waals surface area contributed by atoms with Crippen LogP contribution in [-0.4, -0.2) is 55.1 Å². The highest BCUT2D eigenvalue weighted by molar-refractivity contribution is 6.03. The van der Waals surface area contributed by atoms with Gasteiger partial charge in [0.25, 0.3) is 11.5 Å². The van der Waals surface area contributed by atoms with Gasteiger partial charge in [0.05, 0.1) is 23.9 Å². The molecule has 46 heavy (non-hydrogen) atoms. The molecular weight excluding hydrogens is 600 g/mol. The lowest BCUT2D eigenvalue weighted by Gasteiger charge is -2.29. The first-order valence-electron chi connectivity index (χ1n) is 15.0. The maximum atomic E-state index is 15.1. The fourth-order valence-corrected chi connectivity index (χ4v) is 5.27. The van der Waals surface area contributed by atoms with Gasteiger partial charge in [0.1, 0.15) is 17.1 Å². The Bertz CT molecular complexity index is 1900. The van der Waals surface area contributed by atoms with Crippen LogP contribution >= 0.6 is 0 Å². The van der Waals surface area contributed by atoms with E-state index in [0.717, 1.165) is 35.6 Å². The number of nitrogens with zero attached hydrogens (tertiary/aromatic N) is 4. The monoisotopic (exact) mass is 631 g/mol. The third-order valence-electron chi connectivity index (χ3n) is 7.99. The van der Waals surface area contributed by atoms with Crippen LogP contribution in [-0.2, 0) is 17.8 Å². The lowest BCUT2D eigenvalue weighted by atomic mass is 10.1. The smallest absolute Gasteiger partial charge is 0.335 e. The van der Waals surface area contributed by atoms with Crippen molar-refractivity contribution in [2.24, 2.45) is 5.92 Å². The number of hydrogen-bond donors (Lipinski definition) is 2. The molecule has 1 saturated carbocycles. The molecular formula is C33H31F2N5O6. The molecule has 2 fully saturated rings. The number of aromatic nitrogens is 3. The van der Waals surface area contributed by atoms with E-state index in [0.29, 0.717) is 38.2 Å². The zero-order valence-corrected chi connectivity index (χ0v) is 24.7. The van der Waals surface area contributed by atoms with Crippen LogP contribution in [0.25, 0.3) is 5.69 Å². The Morgan fingerprint density at radius 2 is 1.72 bits per heavy atom. The standard InChI is InChI=1S/C33H31F2N5O6/c34-21-3-6-24(7-4-21)40-32(44)27(19-39(33(40)45)18-20-1-2-20)31(43)37-22-5-8-29(28(35)16-22)46-26-9-12-36-23(15-26)17-30(42)38-13-10-25(41)11-14-38/h3-9,12,15-16,19-20,25,41H,1-2,10-11,13-14,17-18H2,(H,37,43). The van der Waals surface area contributed by atoms with Crippen LogP contribution in [0, 0.1) is 17.6 Å². The number of carbonyl (C=O) groups is 2. The predicted octanol–water partition coefficient (Wildman–Crippen LogP) is 3.65. The van der Waals surface area contributed by atoms with Crippen molar-refractivity contribution in [3.05, 3.63) is 111 Å². The summed E-state index contributed by atoms with van der Waals surface area (Å²) in [4.78, 5) is 58.3. The number of halogens is 2. The molecule has 0 atom stereocenters. The molecule has 2 amide bonds. The number of benzene rings is 2. The van der Waals surface area contributed by atoms with Crippen molar-refractivity contribution in [3.63, 3.8) is 0 Å². The first-order valence-corrected chi connectivity index (χ1v) is 15.0. The predicted molar refractivity (Wildman–Crippen MR) is 163 cm³/mol. The van der Waals surface area contributed by atoms with E-state index in [1.165, 1.54) is 53.4 Å². The Labute approximate surface area is 261 Å². The number of hydrogen-bond acceptors (Lipinski definition) is 7. The summed E-state index contributed by atoms with van der Waals surface area (Å²) >= 11 is 0. The third-order valence-corrected chi connectivity index (χ3v) is 7.99. The number of rotatable bonds is 9. The van der Waals surface area contributed by atoms with Crippen molar-refractivity contribution in [1.82, 2.24) is 19.0 Å². The number of anilines is 1. The number of nitrogens with one attached hydrogen (secondary N) is 1. The number of aliphatic hydroxyl groups excluding tert-OH is 1. The summed E-state index contributed by atoms with van der Waals surface area (Å²) in [5.74, 6) is -1.99. The Kier molecular flexibility index (Phi) is 8.75. The SMILES string of the molecule is O=C(Nc1ccc(Oc2ccnc(CC(=O)N3CCC(O)CC3)c2)c(F)c1)c1cn(CC2CC2)c(=O)n(-c2ccc(F)cc2)c1=O. The van der Waals surface area contributed by atoms with Gasteiger partial charge in [-0.15, -0.1) is 0 Å². The van der Waals surface area contributed by atoms with E-state index in [4.69, 9.17) is 4.74 Å². The molecule has 6 rings (SSSR count). The Hall–Kier alpha value is -5.17. The highest BCUT2D eigenvalue weighted by Gasteiger charge is 2.26. The summed E-state index contributed by atoms with van der Waals surface area (Å²) in [6.45, 7) is 1.26. The van der Waals surface area contributed by atoms with Crippen LogP contribution in [0.15, 0.2) is 76.6 Å². The first kappa shape index (κ1) is 30.8. The van der Waals surface area contributed by atoms with Crippen molar-refractivity contribution in [3.8, 4) is 17.2 Å². The molecule has 0 radical (unpaired) electrons. The van der Waals surface area contributed by atoms with Crippen molar-refractivity contribution >= 4 is 17.5 Å². The average molecular weight is 632 g/mol. The Morgan fingerprint density at radius 3 is 2.41 bits per heavy atom. The fourth-order valence-electron chi connectivity index (χ4n) is 5.27. The van der Waals surface area contributed by atoms with Gasteiger partial charge in [-0.05, 0) is 74.1 Å². The molecule has 3 heterocycles. The molecule has 0 unspecified atom stereocenters. The van der Waals surface area contributed by atoms with Crippen LogP contribution in [0.1, 0.15) is 41.7 Å². The van der Waals surface area contributed by atoms with Gasteiger partial charge in [-0.1, -0.05) is 0 Å². The summed E-state index contributed by atoms with van der Waals surface area (Å²) in [7, 11) is 0. The third kappa shape index (κ3) is 7.04.